The Bertz CT molecular complexity index is 531. The molecule has 8 heteroatoms. The van der Waals surface area contributed by atoms with Gasteiger partial charge in [-0.3, -0.25) is 4.79 Å². The fourth-order valence-electron chi connectivity index (χ4n) is 1.50. The first-order valence-electron chi connectivity index (χ1n) is 5.36. The van der Waals surface area contributed by atoms with Gasteiger partial charge >= 0.3 is 18.1 Å². The van der Waals surface area contributed by atoms with Crippen molar-refractivity contribution in [1.82, 2.24) is 4.90 Å². The Kier molecular flexibility index (Phi) is 4.99. The molecule has 110 valence electrons. The highest BCUT2D eigenvalue weighted by atomic mass is 35.5. The smallest absolute Gasteiger partial charge is 0.465 e. The number of esters is 1. The van der Waals surface area contributed by atoms with Crippen LogP contribution in [-0.4, -0.2) is 37.1 Å². The van der Waals surface area contributed by atoms with Crippen molar-refractivity contribution in [3.63, 3.8) is 0 Å². The number of hydrogen-bond donors (Lipinski definition) is 0. The fraction of sp³-hybridized carbons (Fsp3) is 0.333. The average Bonchev–Trinajstić information content (AvgIpc) is 2.38. The molecule has 1 rings (SSSR count). The monoisotopic (exact) mass is 309 g/mol. The molecule has 0 saturated carbocycles. The topological polar surface area (TPSA) is 46.6 Å². The maximum atomic E-state index is 12.2. The predicted molar refractivity (Wildman–Crippen MR) is 65.3 cm³/mol. The van der Waals surface area contributed by atoms with E-state index in [-0.39, 0.29) is 17.1 Å². The van der Waals surface area contributed by atoms with Gasteiger partial charge in [-0.15, -0.1) is 0 Å². The summed E-state index contributed by atoms with van der Waals surface area (Å²) in [6, 6.07) is 4.07. The first-order valence-corrected chi connectivity index (χ1v) is 5.73. The maximum absolute atomic E-state index is 12.2. The highest BCUT2D eigenvalue weighted by molar-refractivity contribution is 6.33. The summed E-state index contributed by atoms with van der Waals surface area (Å²) >= 11 is 5.78. The van der Waals surface area contributed by atoms with Crippen LogP contribution in [-0.2, 0) is 16.1 Å². The van der Waals surface area contributed by atoms with Gasteiger partial charge in [0, 0.05) is 13.6 Å². The molecule has 0 aliphatic rings. The summed E-state index contributed by atoms with van der Waals surface area (Å²) in [5.41, 5.74) is 0.356. The molecule has 0 aliphatic heterocycles. The van der Waals surface area contributed by atoms with Gasteiger partial charge in [-0.05, 0) is 17.7 Å². The second-order valence-electron chi connectivity index (χ2n) is 3.96. The first kappa shape index (κ1) is 16.3. The molecule has 0 spiro atoms. The van der Waals surface area contributed by atoms with E-state index in [0.717, 1.165) is 14.2 Å². The van der Waals surface area contributed by atoms with Crippen LogP contribution in [0.2, 0.25) is 5.02 Å². The number of methoxy groups -OCH3 is 1. The van der Waals surface area contributed by atoms with Crippen LogP contribution < -0.4 is 0 Å². The van der Waals surface area contributed by atoms with Crippen LogP contribution in [0.25, 0.3) is 0 Å². The second-order valence-corrected chi connectivity index (χ2v) is 4.37. The Hall–Kier alpha value is -1.76. The quantitative estimate of drug-likeness (QED) is 0.806. The van der Waals surface area contributed by atoms with Gasteiger partial charge in [0.25, 0.3) is 0 Å². The van der Waals surface area contributed by atoms with Crippen LogP contribution in [0.1, 0.15) is 15.9 Å². The lowest BCUT2D eigenvalue weighted by molar-refractivity contribution is -0.184. The highest BCUT2D eigenvalue weighted by Crippen LogP contribution is 2.22. The first-order chi connectivity index (χ1) is 9.16. The number of benzene rings is 1. The number of ether oxygens (including phenoxy) is 1. The van der Waals surface area contributed by atoms with Gasteiger partial charge in [0.05, 0.1) is 17.7 Å². The number of amides is 1. The van der Waals surface area contributed by atoms with Gasteiger partial charge in [0.1, 0.15) is 0 Å². The van der Waals surface area contributed by atoms with E-state index in [4.69, 9.17) is 11.6 Å². The molecular formula is C12H11ClF3NO3. The third-order valence-electron chi connectivity index (χ3n) is 2.45. The number of nitrogens with zero attached hydrogens (tertiary/aromatic N) is 1. The van der Waals surface area contributed by atoms with Crippen LogP contribution in [0.5, 0.6) is 0 Å². The van der Waals surface area contributed by atoms with E-state index >= 15 is 0 Å². The summed E-state index contributed by atoms with van der Waals surface area (Å²) in [7, 11) is 2.17. The van der Waals surface area contributed by atoms with Crippen LogP contribution in [0.3, 0.4) is 0 Å². The van der Waals surface area contributed by atoms with Gasteiger partial charge in [-0.1, -0.05) is 17.7 Å². The van der Waals surface area contributed by atoms with Crippen molar-refractivity contribution in [2.45, 2.75) is 12.7 Å². The third kappa shape index (κ3) is 3.86. The molecule has 1 aromatic carbocycles. The Balaban J connectivity index is 2.94. The van der Waals surface area contributed by atoms with Crippen molar-refractivity contribution in [1.29, 1.82) is 0 Å². The van der Waals surface area contributed by atoms with Crippen LogP contribution in [0.4, 0.5) is 13.2 Å². The van der Waals surface area contributed by atoms with E-state index in [9.17, 15) is 22.8 Å². The van der Waals surface area contributed by atoms with Crippen molar-refractivity contribution in [3.05, 3.63) is 34.3 Å². The Morgan fingerprint density at radius 1 is 1.35 bits per heavy atom. The second kappa shape index (κ2) is 6.13. The lowest BCUT2D eigenvalue weighted by Crippen LogP contribution is -2.37. The molecule has 0 atom stereocenters. The number of rotatable bonds is 3. The van der Waals surface area contributed by atoms with Crippen LogP contribution in [0.15, 0.2) is 18.2 Å². The molecule has 0 aromatic heterocycles. The van der Waals surface area contributed by atoms with Gasteiger partial charge in [-0.25, -0.2) is 4.79 Å². The van der Waals surface area contributed by atoms with Crippen molar-refractivity contribution in [2.75, 3.05) is 14.2 Å². The van der Waals surface area contributed by atoms with Gasteiger partial charge in [-0.2, -0.15) is 13.2 Å². The number of hydrogen-bond acceptors (Lipinski definition) is 3. The molecule has 1 aromatic rings. The molecule has 0 radical (unpaired) electrons. The molecule has 1 amide bonds. The zero-order valence-electron chi connectivity index (χ0n) is 10.6. The molecule has 0 aliphatic carbocycles. The summed E-state index contributed by atoms with van der Waals surface area (Å²) in [5, 5.41) is 0.116. The largest absolute Gasteiger partial charge is 0.471 e. The summed E-state index contributed by atoms with van der Waals surface area (Å²) < 4.78 is 41.2. The van der Waals surface area contributed by atoms with Crippen LogP contribution >= 0.6 is 11.6 Å². The maximum Gasteiger partial charge on any atom is 0.471 e. The Morgan fingerprint density at radius 2 is 1.95 bits per heavy atom. The molecule has 0 fully saturated rings. The molecular weight excluding hydrogens is 299 g/mol. The van der Waals surface area contributed by atoms with E-state index < -0.39 is 18.1 Å². The minimum absolute atomic E-state index is 0.0273. The highest BCUT2D eigenvalue weighted by Gasteiger charge is 2.41. The zero-order chi connectivity index (χ0) is 15.5. The molecule has 0 saturated heterocycles. The van der Waals surface area contributed by atoms with Crippen molar-refractivity contribution in [3.8, 4) is 0 Å². The number of carbonyl (C=O) groups excluding carboxylic acids is 2. The summed E-state index contributed by atoms with van der Waals surface area (Å²) in [6.07, 6.45) is -4.94. The summed E-state index contributed by atoms with van der Waals surface area (Å²) in [6.45, 7) is -0.306. The lowest BCUT2D eigenvalue weighted by Gasteiger charge is -2.19. The van der Waals surface area contributed by atoms with E-state index in [1.54, 1.807) is 0 Å². The number of alkyl halides is 3. The Labute approximate surface area is 118 Å². The standard InChI is InChI=1S/C12H11ClF3NO3/c1-17(11(19)12(14,15)16)6-7-3-4-9(13)8(5-7)10(18)20-2/h3-5H,6H2,1-2H3. The molecule has 4 nitrogen and oxygen atoms in total. The molecule has 0 N–H and O–H groups in total. The van der Waals surface area contributed by atoms with E-state index in [1.807, 2.05) is 0 Å². The van der Waals surface area contributed by atoms with Crippen molar-refractivity contribution in [2.24, 2.45) is 0 Å². The van der Waals surface area contributed by atoms with E-state index in [1.165, 1.54) is 18.2 Å². The molecule has 20 heavy (non-hydrogen) atoms. The Morgan fingerprint density at radius 3 is 2.45 bits per heavy atom. The molecule has 0 unspecified atom stereocenters. The fourth-order valence-corrected chi connectivity index (χ4v) is 1.69. The molecule has 0 bridgehead atoms. The normalized spacial score (nSPS) is 11.1. The third-order valence-corrected chi connectivity index (χ3v) is 2.77. The average molecular weight is 310 g/mol. The zero-order valence-corrected chi connectivity index (χ0v) is 11.4. The van der Waals surface area contributed by atoms with Gasteiger partial charge < -0.3 is 9.64 Å². The SMILES string of the molecule is COC(=O)c1cc(CN(C)C(=O)C(F)(F)F)ccc1Cl. The lowest BCUT2D eigenvalue weighted by atomic mass is 10.1. The van der Waals surface area contributed by atoms with Gasteiger partial charge in [0.2, 0.25) is 0 Å². The van der Waals surface area contributed by atoms with Crippen LogP contribution in [0, 0.1) is 0 Å². The number of halogens is 4. The predicted octanol–water partition coefficient (Wildman–Crippen LogP) is 2.65. The summed E-state index contributed by atoms with van der Waals surface area (Å²) in [4.78, 5) is 22.9. The molecule has 0 heterocycles. The van der Waals surface area contributed by atoms with Gasteiger partial charge in [0.15, 0.2) is 0 Å². The van der Waals surface area contributed by atoms with Crippen molar-refractivity contribution < 1.29 is 27.5 Å². The minimum Gasteiger partial charge on any atom is -0.465 e. The number of carbonyl (C=O) groups is 2. The van der Waals surface area contributed by atoms with E-state index in [2.05, 4.69) is 4.74 Å². The van der Waals surface area contributed by atoms with Crippen molar-refractivity contribution >= 4 is 23.5 Å². The summed E-state index contributed by atoms with van der Waals surface area (Å²) in [5.74, 6) is -2.67. The minimum atomic E-state index is -4.94. The van der Waals surface area contributed by atoms with E-state index in [0.29, 0.717) is 10.5 Å².